The smallest absolute Gasteiger partial charge is 0.255 e. The van der Waals surface area contributed by atoms with E-state index in [0.717, 1.165) is 10.0 Å². The molecule has 0 aliphatic carbocycles. The number of carbonyl (C=O) groups is 1. The first kappa shape index (κ1) is 13.8. The summed E-state index contributed by atoms with van der Waals surface area (Å²) in [6.07, 6.45) is -0.505. The Balaban J connectivity index is 2.10. The molecule has 0 radical (unpaired) electrons. The molecule has 98 valence electrons. The Hall–Kier alpha value is -1.65. The zero-order chi connectivity index (χ0) is 13.8. The molecule has 0 heterocycles. The quantitative estimate of drug-likeness (QED) is 0.905. The summed E-state index contributed by atoms with van der Waals surface area (Å²) in [6.45, 7) is 1.70. The summed E-state index contributed by atoms with van der Waals surface area (Å²) in [5, 5.41) is 12.2. The minimum absolute atomic E-state index is 0.161. The second-order valence-corrected chi connectivity index (χ2v) is 5.18. The molecule has 1 unspecified atom stereocenters. The lowest BCUT2D eigenvalue weighted by molar-refractivity contribution is 0.102. The lowest BCUT2D eigenvalue weighted by Crippen LogP contribution is -2.11. The second-order valence-electron chi connectivity index (χ2n) is 4.26. The minimum atomic E-state index is -0.505. The number of hydrogen-bond acceptors (Lipinski definition) is 2. The third-order valence-corrected chi connectivity index (χ3v) is 3.23. The Morgan fingerprint density at radius 3 is 2.47 bits per heavy atom. The maximum absolute atomic E-state index is 12.0. The van der Waals surface area contributed by atoms with Crippen molar-refractivity contribution in [2.24, 2.45) is 0 Å². The zero-order valence-corrected chi connectivity index (χ0v) is 12.0. The Kier molecular flexibility index (Phi) is 4.35. The van der Waals surface area contributed by atoms with E-state index in [1.54, 1.807) is 43.3 Å². The number of aliphatic hydroxyl groups is 1. The summed E-state index contributed by atoms with van der Waals surface area (Å²) in [5.74, 6) is -0.161. The number of aliphatic hydroxyl groups excluding tert-OH is 1. The van der Waals surface area contributed by atoms with Gasteiger partial charge in [0.25, 0.3) is 5.91 Å². The predicted molar refractivity (Wildman–Crippen MR) is 79.2 cm³/mol. The zero-order valence-electron chi connectivity index (χ0n) is 10.4. The van der Waals surface area contributed by atoms with Crippen molar-refractivity contribution in [2.45, 2.75) is 13.0 Å². The highest BCUT2D eigenvalue weighted by molar-refractivity contribution is 9.10. The standard InChI is InChI=1S/C15H14BrNO2/c1-10(18)11-5-7-14(8-6-11)17-15(19)12-3-2-4-13(16)9-12/h2-10,18H,1H3,(H,17,19). The molecule has 3 nitrogen and oxygen atoms in total. The molecule has 0 bridgehead atoms. The SMILES string of the molecule is CC(O)c1ccc(NC(=O)c2cccc(Br)c2)cc1. The number of nitrogens with one attached hydrogen (secondary N) is 1. The normalized spacial score (nSPS) is 11.9. The largest absolute Gasteiger partial charge is 0.389 e. The highest BCUT2D eigenvalue weighted by atomic mass is 79.9. The van der Waals surface area contributed by atoms with Crippen LogP contribution in [0.1, 0.15) is 28.9 Å². The number of benzene rings is 2. The van der Waals surface area contributed by atoms with E-state index in [2.05, 4.69) is 21.2 Å². The van der Waals surface area contributed by atoms with Gasteiger partial charge in [-0.05, 0) is 42.8 Å². The third kappa shape index (κ3) is 3.66. The van der Waals surface area contributed by atoms with Gasteiger partial charge in [0.15, 0.2) is 0 Å². The Bertz CT molecular complexity index is 579. The summed E-state index contributed by atoms with van der Waals surface area (Å²) < 4.78 is 0.865. The van der Waals surface area contributed by atoms with Gasteiger partial charge in [-0.15, -0.1) is 0 Å². The van der Waals surface area contributed by atoms with Crippen molar-refractivity contribution >= 4 is 27.5 Å². The molecule has 1 amide bonds. The molecule has 2 N–H and O–H groups in total. The van der Waals surface area contributed by atoms with Crippen LogP contribution in [0.4, 0.5) is 5.69 Å². The number of carbonyl (C=O) groups excluding carboxylic acids is 1. The monoisotopic (exact) mass is 319 g/mol. The number of anilines is 1. The fraction of sp³-hybridized carbons (Fsp3) is 0.133. The van der Waals surface area contributed by atoms with Crippen LogP contribution in [0.15, 0.2) is 53.0 Å². The lowest BCUT2D eigenvalue weighted by Gasteiger charge is -2.08. The molecule has 2 aromatic rings. The van der Waals surface area contributed by atoms with Crippen molar-refractivity contribution in [3.8, 4) is 0 Å². The van der Waals surface area contributed by atoms with Gasteiger partial charge in [-0.2, -0.15) is 0 Å². The first-order valence-electron chi connectivity index (χ1n) is 5.91. The van der Waals surface area contributed by atoms with Crippen LogP contribution in [0, 0.1) is 0 Å². The van der Waals surface area contributed by atoms with Crippen LogP contribution in [0.5, 0.6) is 0 Å². The molecule has 2 aromatic carbocycles. The van der Waals surface area contributed by atoms with Gasteiger partial charge in [-0.1, -0.05) is 34.1 Å². The molecular weight excluding hydrogens is 306 g/mol. The van der Waals surface area contributed by atoms with E-state index in [-0.39, 0.29) is 5.91 Å². The Morgan fingerprint density at radius 1 is 1.21 bits per heavy atom. The van der Waals surface area contributed by atoms with Crippen LogP contribution >= 0.6 is 15.9 Å². The average Bonchev–Trinajstić information content (AvgIpc) is 2.39. The van der Waals surface area contributed by atoms with Crippen LogP contribution in [0.3, 0.4) is 0 Å². The van der Waals surface area contributed by atoms with Crippen molar-refractivity contribution in [1.29, 1.82) is 0 Å². The van der Waals surface area contributed by atoms with Crippen LogP contribution in [0.25, 0.3) is 0 Å². The van der Waals surface area contributed by atoms with Gasteiger partial charge in [0, 0.05) is 15.7 Å². The number of hydrogen-bond donors (Lipinski definition) is 2. The second kappa shape index (κ2) is 5.99. The predicted octanol–water partition coefficient (Wildman–Crippen LogP) is 3.75. The first-order chi connectivity index (χ1) is 9.06. The van der Waals surface area contributed by atoms with Gasteiger partial charge in [-0.3, -0.25) is 4.79 Å². The summed E-state index contributed by atoms with van der Waals surface area (Å²) in [6, 6.07) is 14.3. The van der Waals surface area contributed by atoms with E-state index in [0.29, 0.717) is 11.3 Å². The number of halogens is 1. The van der Waals surface area contributed by atoms with Crippen LogP contribution in [-0.2, 0) is 0 Å². The van der Waals surface area contributed by atoms with Gasteiger partial charge < -0.3 is 10.4 Å². The highest BCUT2D eigenvalue weighted by Crippen LogP contribution is 2.17. The molecular formula is C15H14BrNO2. The van der Waals surface area contributed by atoms with E-state index in [9.17, 15) is 9.90 Å². The molecule has 4 heteroatoms. The average molecular weight is 320 g/mol. The van der Waals surface area contributed by atoms with Crippen molar-refractivity contribution in [3.05, 3.63) is 64.1 Å². The first-order valence-corrected chi connectivity index (χ1v) is 6.70. The molecule has 0 aliphatic rings. The summed E-state index contributed by atoms with van der Waals surface area (Å²) >= 11 is 3.33. The Labute approximate surface area is 120 Å². The molecule has 0 aromatic heterocycles. The molecule has 0 aliphatic heterocycles. The lowest BCUT2D eigenvalue weighted by atomic mass is 10.1. The van der Waals surface area contributed by atoms with Gasteiger partial charge in [0.05, 0.1) is 6.10 Å². The molecule has 0 fully saturated rings. The molecule has 0 saturated carbocycles. The molecule has 1 atom stereocenters. The van der Waals surface area contributed by atoms with Crippen molar-refractivity contribution < 1.29 is 9.90 Å². The summed E-state index contributed by atoms with van der Waals surface area (Å²) in [5.41, 5.74) is 2.11. The van der Waals surface area contributed by atoms with Crippen LogP contribution < -0.4 is 5.32 Å². The molecule has 2 rings (SSSR count). The van der Waals surface area contributed by atoms with Crippen molar-refractivity contribution in [1.82, 2.24) is 0 Å². The minimum Gasteiger partial charge on any atom is -0.389 e. The van der Waals surface area contributed by atoms with E-state index < -0.39 is 6.10 Å². The van der Waals surface area contributed by atoms with Crippen molar-refractivity contribution in [2.75, 3.05) is 5.32 Å². The van der Waals surface area contributed by atoms with Crippen LogP contribution in [0.2, 0.25) is 0 Å². The maximum Gasteiger partial charge on any atom is 0.255 e. The number of rotatable bonds is 3. The van der Waals surface area contributed by atoms with E-state index >= 15 is 0 Å². The van der Waals surface area contributed by atoms with E-state index in [1.165, 1.54) is 0 Å². The van der Waals surface area contributed by atoms with Crippen LogP contribution in [-0.4, -0.2) is 11.0 Å². The fourth-order valence-corrected chi connectivity index (χ4v) is 2.08. The molecule has 0 spiro atoms. The highest BCUT2D eigenvalue weighted by Gasteiger charge is 2.07. The Morgan fingerprint density at radius 2 is 1.89 bits per heavy atom. The molecule has 19 heavy (non-hydrogen) atoms. The topological polar surface area (TPSA) is 49.3 Å². The van der Waals surface area contributed by atoms with Gasteiger partial charge in [0.2, 0.25) is 0 Å². The summed E-state index contributed by atoms with van der Waals surface area (Å²) in [4.78, 5) is 12.0. The van der Waals surface area contributed by atoms with E-state index in [4.69, 9.17) is 0 Å². The van der Waals surface area contributed by atoms with E-state index in [1.807, 2.05) is 12.1 Å². The third-order valence-electron chi connectivity index (χ3n) is 2.74. The van der Waals surface area contributed by atoms with Gasteiger partial charge in [0.1, 0.15) is 0 Å². The van der Waals surface area contributed by atoms with Crippen molar-refractivity contribution in [3.63, 3.8) is 0 Å². The van der Waals surface area contributed by atoms with Gasteiger partial charge in [-0.25, -0.2) is 0 Å². The maximum atomic E-state index is 12.0. The summed E-state index contributed by atoms with van der Waals surface area (Å²) in [7, 11) is 0. The molecule has 0 saturated heterocycles. The van der Waals surface area contributed by atoms with Gasteiger partial charge >= 0.3 is 0 Å². The number of amides is 1. The fourth-order valence-electron chi connectivity index (χ4n) is 1.68.